The highest BCUT2D eigenvalue weighted by molar-refractivity contribution is 6.33. The molecule has 2 amide bonds. The summed E-state index contributed by atoms with van der Waals surface area (Å²) in [5.74, 6) is -0.390. The summed E-state index contributed by atoms with van der Waals surface area (Å²) in [4.78, 5) is 59.1. The van der Waals surface area contributed by atoms with Gasteiger partial charge in [-0.2, -0.15) is 27.8 Å². The zero-order valence-electron chi connectivity index (χ0n) is 32.6. The summed E-state index contributed by atoms with van der Waals surface area (Å²) >= 11 is 6.19. The maximum atomic E-state index is 14.6. The van der Waals surface area contributed by atoms with Crippen LogP contribution in [-0.4, -0.2) is 81.6 Å². The van der Waals surface area contributed by atoms with Crippen molar-refractivity contribution in [3.8, 4) is 17.1 Å². The molecule has 5 aromatic heterocycles. The molecular formula is C41H37ClF3N11O4. The summed E-state index contributed by atoms with van der Waals surface area (Å²) in [6.45, 7) is 6.22. The first kappa shape index (κ1) is 40.0. The Hall–Kier alpha value is -6.82. The highest BCUT2D eigenvalue weighted by Gasteiger charge is 2.33. The molecule has 1 aliphatic heterocycles. The first-order valence-electron chi connectivity index (χ1n) is 19.0. The van der Waals surface area contributed by atoms with Gasteiger partial charge in [-0.25, -0.2) is 14.5 Å². The van der Waals surface area contributed by atoms with Crippen LogP contribution in [0, 0.1) is 13.8 Å². The zero-order valence-corrected chi connectivity index (χ0v) is 33.3. The number of benzene rings is 2. The molecule has 7 aromatic rings. The molecule has 0 unspecified atom stereocenters. The van der Waals surface area contributed by atoms with Gasteiger partial charge in [-0.15, -0.1) is 5.10 Å². The molecule has 0 atom stereocenters. The van der Waals surface area contributed by atoms with Crippen molar-refractivity contribution >= 4 is 46.1 Å². The van der Waals surface area contributed by atoms with E-state index in [9.17, 15) is 27.6 Å². The standard InChI is InChI=1S/C41H37ClF3N11O4/c1-4-31-35(52-16-18-53(19-17-52)38(58)34-36(25(3)46-23-47-34)60-22-26-8-6-5-7-9-26)39(59)56-40(50-37(51-56)28-13-15-55-32(24(28)2)12-14-48-55)54(31)21-33(57)49-30-11-10-27(20-29(30)42)41(43,44)45/h5-15,20,23H,4,16-19,21-22H2,1-3H3,(H,49,57). The van der Waals surface area contributed by atoms with Crippen LogP contribution in [0.25, 0.3) is 22.7 Å². The number of anilines is 2. The van der Waals surface area contributed by atoms with E-state index >= 15 is 0 Å². The van der Waals surface area contributed by atoms with Gasteiger partial charge in [0.05, 0.1) is 33.2 Å². The van der Waals surface area contributed by atoms with Gasteiger partial charge in [0.15, 0.2) is 17.3 Å². The van der Waals surface area contributed by atoms with Crippen molar-refractivity contribution in [2.45, 2.75) is 46.5 Å². The first-order valence-corrected chi connectivity index (χ1v) is 19.3. The van der Waals surface area contributed by atoms with Crippen molar-refractivity contribution < 1.29 is 27.5 Å². The highest BCUT2D eigenvalue weighted by Crippen LogP contribution is 2.34. The third-order valence-electron chi connectivity index (χ3n) is 10.4. The number of ether oxygens (including phenoxy) is 1. The van der Waals surface area contributed by atoms with Crippen LogP contribution in [0.15, 0.2) is 84.2 Å². The fourth-order valence-corrected chi connectivity index (χ4v) is 7.58. The second kappa shape index (κ2) is 16.1. The molecule has 19 heteroatoms. The number of rotatable bonds is 10. The molecule has 1 fully saturated rings. The minimum absolute atomic E-state index is 0.0230. The predicted octanol–water partition coefficient (Wildman–Crippen LogP) is 6.03. The van der Waals surface area contributed by atoms with Gasteiger partial charge in [0.2, 0.25) is 11.7 Å². The maximum absolute atomic E-state index is 14.6. The zero-order chi connectivity index (χ0) is 42.3. The third-order valence-corrected chi connectivity index (χ3v) is 10.7. The Morgan fingerprint density at radius 3 is 2.47 bits per heavy atom. The van der Waals surface area contributed by atoms with Gasteiger partial charge < -0.3 is 24.4 Å². The number of amides is 2. The van der Waals surface area contributed by atoms with Crippen molar-refractivity contribution in [2.24, 2.45) is 0 Å². The fourth-order valence-electron chi connectivity index (χ4n) is 7.35. The van der Waals surface area contributed by atoms with E-state index in [-0.39, 0.29) is 84.6 Å². The van der Waals surface area contributed by atoms with Crippen LogP contribution in [0.4, 0.5) is 24.5 Å². The van der Waals surface area contributed by atoms with Crippen LogP contribution in [0.3, 0.4) is 0 Å². The summed E-state index contributed by atoms with van der Waals surface area (Å²) < 4.78 is 50.5. The highest BCUT2D eigenvalue weighted by atomic mass is 35.5. The predicted molar refractivity (Wildman–Crippen MR) is 216 cm³/mol. The molecule has 0 radical (unpaired) electrons. The maximum Gasteiger partial charge on any atom is 0.416 e. The molecule has 0 aliphatic carbocycles. The average molecular weight is 840 g/mol. The van der Waals surface area contributed by atoms with E-state index in [0.717, 1.165) is 39.4 Å². The van der Waals surface area contributed by atoms with Crippen LogP contribution in [0.1, 0.15) is 45.5 Å². The molecule has 1 aliphatic rings. The van der Waals surface area contributed by atoms with E-state index in [1.54, 1.807) is 39.4 Å². The summed E-state index contributed by atoms with van der Waals surface area (Å²) in [5.41, 5.74) is 3.08. The molecule has 1 N–H and O–H groups in total. The second-order valence-corrected chi connectivity index (χ2v) is 14.5. The monoisotopic (exact) mass is 839 g/mol. The molecule has 15 nitrogen and oxygen atoms in total. The number of carbonyl (C=O) groups excluding carboxylic acids is 2. The summed E-state index contributed by atoms with van der Waals surface area (Å²) in [6.07, 6.45) is 0.388. The number of halogens is 4. The largest absolute Gasteiger partial charge is 0.485 e. The van der Waals surface area contributed by atoms with Gasteiger partial charge in [-0.3, -0.25) is 14.4 Å². The third kappa shape index (κ3) is 7.60. The van der Waals surface area contributed by atoms with Crippen molar-refractivity contribution in [3.63, 3.8) is 0 Å². The number of nitrogens with one attached hydrogen (secondary N) is 1. The molecule has 60 heavy (non-hydrogen) atoms. The molecule has 0 spiro atoms. The number of aromatic nitrogens is 8. The number of aryl methyl sites for hydroxylation is 2. The molecule has 0 saturated carbocycles. The lowest BCUT2D eigenvalue weighted by molar-refractivity contribution is -0.137. The number of alkyl halides is 3. The van der Waals surface area contributed by atoms with E-state index in [4.69, 9.17) is 21.3 Å². The Morgan fingerprint density at radius 2 is 1.75 bits per heavy atom. The number of nitrogens with zero attached hydrogens (tertiary/aromatic N) is 10. The Kier molecular flexibility index (Phi) is 10.7. The van der Waals surface area contributed by atoms with Crippen molar-refractivity contribution in [1.82, 2.24) is 43.6 Å². The van der Waals surface area contributed by atoms with Crippen molar-refractivity contribution in [2.75, 3.05) is 36.4 Å². The molecule has 6 heterocycles. The molecule has 8 rings (SSSR count). The molecule has 2 aromatic carbocycles. The number of hydrogen-bond acceptors (Lipinski definition) is 10. The van der Waals surface area contributed by atoms with Gasteiger partial charge in [0.1, 0.15) is 25.2 Å². The topological polar surface area (TPSA) is 157 Å². The summed E-state index contributed by atoms with van der Waals surface area (Å²) in [7, 11) is 0. The van der Waals surface area contributed by atoms with Gasteiger partial charge in [0, 0.05) is 44.1 Å². The van der Waals surface area contributed by atoms with Gasteiger partial charge in [0.25, 0.3) is 11.5 Å². The van der Waals surface area contributed by atoms with E-state index in [1.807, 2.05) is 55.1 Å². The Bertz CT molecular complexity index is 2830. The minimum atomic E-state index is -4.62. The number of carbonyl (C=O) groups is 2. The van der Waals surface area contributed by atoms with Crippen LogP contribution in [-0.2, 0) is 30.5 Å². The lowest BCUT2D eigenvalue weighted by Crippen LogP contribution is -2.51. The lowest BCUT2D eigenvalue weighted by Gasteiger charge is -2.36. The van der Waals surface area contributed by atoms with Crippen LogP contribution >= 0.6 is 11.6 Å². The molecule has 308 valence electrons. The first-order chi connectivity index (χ1) is 28.8. The Morgan fingerprint density at radius 1 is 0.983 bits per heavy atom. The van der Waals surface area contributed by atoms with Crippen LogP contribution in [0.5, 0.6) is 5.75 Å². The second-order valence-electron chi connectivity index (χ2n) is 14.1. The van der Waals surface area contributed by atoms with E-state index in [2.05, 4.69) is 25.5 Å². The number of fused-ring (bicyclic) bond motifs is 2. The van der Waals surface area contributed by atoms with E-state index in [0.29, 0.717) is 17.0 Å². The Labute approximate surface area is 345 Å². The number of piperazine rings is 1. The quantitative estimate of drug-likeness (QED) is 0.173. The lowest BCUT2D eigenvalue weighted by atomic mass is 10.1. The summed E-state index contributed by atoms with van der Waals surface area (Å²) in [6, 6.07) is 15.8. The Balaban J connectivity index is 1.12. The van der Waals surface area contributed by atoms with E-state index in [1.165, 1.54) is 6.33 Å². The minimum Gasteiger partial charge on any atom is -0.485 e. The molecule has 1 saturated heterocycles. The molecular weight excluding hydrogens is 803 g/mol. The van der Waals surface area contributed by atoms with Crippen LogP contribution < -0.4 is 20.5 Å². The van der Waals surface area contributed by atoms with Gasteiger partial charge in [-0.05, 0) is 61.7 Å². The smallest absolute Gasteiger partial charge is 0.416 e. The number of pyridine rings is 1. The average Bonchev–Trinajstić information content (AvgIpc) is 3.91. The number of hydrogen-bond donors (Lipinski definition) is 1. The normalized spacial score (nSPS) is 13.3. The fraction of sp³-hybridized carbons (Fsp3) is 0.268. The SMILES string of the molecule is CCc1c(N2CCN(C(=O)c3ncnc(C)c3OCc3ccccc3)CC2)c(=O)n2nc(-c3ccn4nccc4c3C)nc2n1CC(=O)Nc1ccc(C(F)(F)F)cc1Cl. The van der Waals surface area contributed by atoms with Crippen molar-refractivity contribution in [3.05, 3.63) is 129 Å². The van der Waals surface area contributed by atoms with Gasteiger partial charge >= 0.3 is 6.18 Å². The summed E-state index contributed by atoms with van der Waals surface area (Å²) in [5, 5.41) is 11.3. The van der Waals surface area contributed by atoms with Crippen LogP contribution in [0.2, 0.25) is 5.02 Å². The molecule has 0 bridgehead atoms. The van der Waals surface area contributed by atoms with Gasteiger partial charge in [-0.1, -0.05) is 48.9 Å². The van der Waals surface area contributed by atoms with E-state index < -0.39 is 29.8 Å². The van der Waals surface area contributed by atoms with Crippen molar-refractivity contribution in [1.29, 1.82) is 0 Å².